The van der Waals surface area contributed by atoms with E-state index < -0.39 is 29.7 Å². The lowest BCUT2D eigenvalue weighted by Gasteiger charge is -2.42. The van der Waals surface area contributed by atoms with Gasteiger partial charge in [0.15, 0.2) is 18.2 Å². The summed E-state index contributed by atoms with van der Waals surface area (Å²) in [5.74, 6) is -1.21. The van der Waals surface area contributed by atoms with Crippen LogP contribution >= 0.6 is 0 Å². The van der Waals surface area contributed by atoms with Crippen LogP contribution in [0.25, 0.3) is 0 Å². The molecule has 2 rings (SSSR count). The van der Waals surface area contributed by atoms with E-state index in [1.54, 1.807) is 0 Å². The Morgan fingerprint density at radius 2 is 1.44 bits per heavy atom. The summed E-state index contributed by atoms with van der Waals surface area (Å²) < 4.78 is 36.1. The van der Waals surface area contributed by atoms with Crippen LogP contribution in [0.1, 0.15) is 132 Å². The standard InChI is InChI=1S/C31H56O8/c1-9-10-16-19-23(20-17-14-12-11-13-15-18-21-24(32)34-8)36-28-27(37-29(33)30(3,4)5)26-25(22(2)35-28)38-31(6,7)39-26/h22-23,25-28H,9-21H2,1-8H3/t22-,23+,25+,26+,27-,28+/m1/s1. The van der Waals surface area contributed by atoms with E-state index >= 15 is 0 Å². The van der Waals surface area contributed by atoms with Gasteiger partial charge in [0.05, 0.1) is 24.7 Å². The zero-order chi connectivity index (χ0) is 29.1. The Balaban J connectivity index is 1.95. The molecule has 228 valence electrons. The molecule has 0 aliphatic carbocycles. The molecule has 2 aliphatic rings. The molecule has 0 spiro atoms. The first-order valence-corrected chi connectivity index (χ1v) is 15.3. The molecule has 0 aromatic carbocycles. The second kappa shape index (κ2) is 16.3. The predicted molar refractivity (Wildman–Crippen MR) is 150 cm³/mol. The van der Waals surface area contributed by atoms with Crippen LogP contribution in [0.15, 0.2) is 0 Å². The molecular formula is C31H56O8. The molecule has 0 radical (unpaired) electrons. The summed E-state index contributed by atoms with van der Waals surface area (Å²) in [6.07, 6.45) is 11.1. The predicted octanol–water partition coefficient (Wildman–Crippen LogP) is 6.86. The molecule has 39 heavy (non-hydrogen) atoms. The van der Waals surface area contributed by atoms with Gasteiger partial charge in [0.1, 0.15) is 12.2 Å². The average Bonchev–Trinajstić information content (AvgIpc) is 3.20. The van der Waals surface area contributed by atoms with Gasteiger partial charge in [-0.1, -0.05) is 64.7 Å². The number of hydrogen-bond donors (Lipinski definition) is 0. The summed E-state index contributed by atoms with van der Waals surface area (Å²) >= 11 is 0. The maximum absolute atomic E-state index is 12.9. The number of methoxy groups -OCH3 is 1. The summed E-state index contributed by atoms with van der Waals surface area (Å²) in [7, 11) is 1.44. The molecule has 0 amide bonds. The minimum absolute atomic E-state index is 0.0246. The lowest BCUT2D eigenvalue weighted by atomic mass is 9.95. The van der Waals surface area contributed by atoms with Crippen molar-refractivity contribution in [2.24, 2.45) is 5.41 Å². The summed E-state index contributed by atoms with van der Waals surface area (Å²) in [5, 5.41) is 0. The molecule has 0 aromatic heterocycles. The monoisotopic (exact) mass is 556 g/mol. The van der Waals surface area contributed by atoms with Crippen LogP contribution in [-0.2, 0) is 38.0 Å². The van der Waals surface area contributed by atoms with E-state index in [0.29, 0.717) is 6.42 Å². The molecule has 0 N–H and O–H groups in total. The Hall–Kier alpha value is -1.22. The van der Waals surface area contributed by atoms with Gasteiger partial charge in [-0.2, -0.15) is 0 Å². The van der Waals surface area contributed by atoms with Gasteiger partial charge in [0, 0.05) is 6.42 Å². The Morgan fingerprint density at radius 1 is 0.872 bits per heavy atom. The molecule has 2 fully saturated rings. The molecule has 8 nitrogen and oxygen atoms in total. The lowest BCUT2D eigenvalue weighted by Crippen LogP contribution is -2.58. The molecular weight excluding hydrogens is 500 g/mol. The third-order valence-corrected chi connectivity index (χ3v) is 7.51. The van der Waals surface area contributed by atoms with Gasteiger partial charge < -0.3 is 28.4 Å². The third kappa shape index (κ3) is 11.7. The fourth-order valence-corrected chi connectivity index (χ4v) is 5.21. The van der Waals surface area contributed by atoms with E-state index in [-0.39, 0.29) is 30.3 Å². The fraction of sp³-hybridized carbons (Fsp3) is 0.935. The molecule has 0 bridgehead atoms. The van der Waals surface area contributed by atoms with Gasteiger partial charge in [-0.15, -0.1) is 0 Å². The fourth-order valence-electron chi connectivity index (χ4n) is 5.21. The number of rotatable bonds is 17. The van der Waals surface area contributed by atoms with E-state index in [1.807, 2.05) is 41.5 Å². The Kier molecular flexibility index (Phi) is 14.2. The number of carbonyl (C=O) groups excluding carboxylic acids is 2. The number of ether oxygens (including phenoxy) is 6. The van der Waals surface area contributed by atoms with Crippen LogP contribution in [0.2, 0.25) is 0 Å². The van der Waals surface area contributed by atoms with Gasteiger partial charge in [0.2, 0.25) is 0 Å². The minimum Gasteiger partial charge on any atom is -0.469 e. The second-order valence-electron chi connectivity index (χ2n) is 12.7. The number of fused-ring (bicyclic) bond motifs is 1. The van der Waals surface area contributed by atoms with Crippen molar-refractivity contribution < 1.29 is 38.0 Å². The molecule has 0 unspecified atom stereocenters. The smallest absolute Gasteiger partial charge is 0.311 e. The molecule has 2 heterocycles. The van der Waals surface area contributed by atoms with Crippen LogP contribution in [0.3, 0.4) is 0 Å². The van der Waals surface area contributed by atoms with Crippen LogP contribution in [-0.4, -0.2) is 61.6 Å². The largest absolute Gasteiger partial charge is 0.469 e. The van der Waals surface area contributed by atoms with Gasteiger partial charge in [-0.3, -0.25) is 9.59 Å². The first-order valence-electron chi connectivity index (χ1n) is 15.3. The molecule has 8 heteroatoms. The van der Waals surface area contributed by atoms with Gasteiger partial charge in [-0.25, -0.2) is 0 Å². The van der Waals surface area contributed by atoms with Crippen molar-refractivity contribution in [1.29, 1.82) is 0 Å². The highest BCUT2D eigenvalue weighted by molar-refractivity contribution is 5.75. The Labute approximate surface area is 237 Å². The first kappa shape index (κ1) is 34.0. The Morgan fingerprint density at radius 3 is 2.03 bits per heavy atom. The molecule has 0 aromatic rings. The second-order valence-corrected chi connectivity index (χ2v) is 12.7. The molecule has 6 atom stereocenters. The Bertz CT molecular complexity index is 731. The van der Waals surface area contributed by atoms with Gasteiger partial charge in [0.25, 0.3) is 0 Å². The zero-order valence-corrected chi connectivity index (χ0v) is 25.9. The van der Waals surface area contributed by atoms with E-state index in [4.69, 9.17) is 28.4 Å². The van der Waals surface area contributed by atoms with Crippen LogP contribution in [0.5, 0.6) is 0 Å². The van der Waals surface area contributed by atoms with E-state index in [0.717, 1.165) is 64.2 Å². The van der Waals surface area contributed by atoms with Crippen molar-refractivity contribution in [3.8, 4) is 0 Å². The van der Waals surface area contributed by atoms with Crippen LogP contribution < -0.4 is 0 Å². The molecule has 2 saturated heterocycles. The topological polar surface area (TPSA) is 89.5 Å². The number of carbonyl (C=O) groups is 2. The molecule has 2 aliphatic heterocycles. The highest BCUT2D eigenvalue weighted by Gasteiger charge is 2.56. The van der Waals surface area contributed by atoms with Crippen LogP contribution in [0, 0.1) is 5.41 Å². The number of esters is 2. The van der Waals surface area contributed by atoms with Crippen molar-refractivity contribution in [3.63, 3.8) is 0 Å². The SMILES string of the molecule is CCCCC[C@@H](CCCCCCCCCC(=O)OC)O[C@@H]1O[C@H](C)[C@@H]2OC(C)(C)O[C@@H]2[C@H]1OC(=O)C(C)(C)C. The normalized spacial score (nSPS) is 27.1. The highest BCUT2D eigenvalue weighted by Crippen LogP contribution is 2.40. The first-order chi connectivity index (χ1) is 18.4. The van der Waals surface area contributed by atoms with Crippen molar-refractivity contribution >= 4 is 11.9 Å². The third-order valence-electron chi connectivity index (χ3n) is 7.51. The maximum Gasteiger partial charge on any atom is 0.311 e. The number of hydrogen-bond acceptors (Lipinski definition) is 8. The summed E-state index contributed by atoms with van der Waals surface area (Å²) in [6.45, 7) is 13.5. The number of unbranched alkanes of at least 4 members (excludes halogenated alkanes) is 8. The lowest BCUT2D eigenvalue weighted by molar-refractivity contribution is -0.293. The minimum atomic E-state index is -0.784. The maximum atomic E-state index is 12.9. The molecule has 0 saturated carbocycles. The quantitative estimate of drug-likeness (QED) is 0.142. The van der Waals surface area contributed by atoms with Gasteiger partial charge >= 0.3 is 11.9 Å². The van der Waals surface area contributed by atoms with Crippen molar-refractivity contribution in [2.75, 3.05) is 7.11 Å². The highest BCUT2D eigenvalue weighted by atomic mass is 16.8. The van der Waals surface area contributed by atoms with Crippen molar-refractivity contribution in [3.05, 3.63) is 0 Å². The zero-order valence-electron chi connectivity index (χ0n) is 25.9. The van der Waals surface area contributed by atoms with Crippen LogP contribution in [0.4, 0.5) is 0 Å². The van der Waals surface area contributed by atoms with Gasteiger partial charge in [-0.05, 0) is 60.8 Å². The summed E-state index contributed by atoms with van der Waals surface area (Å²) in [6, 6.07) is 0. The average molecular weight is 557 g/mol. The van der Waals surface area contributed by atoms with E-state index in [2.05, 4.69) is 6.92 Å². The van der Waals surface area contributed by atoms with Crippen molar-refractivity contribution in [1.82, 2.24) is 0 Å². The van der Waals surface area contributed by atoms with E-state index in [1.165, 1.54) is 20.0 Å². The summed E-state index contributed by atoms with van der Waals surface area (Å²) in [5.41, 5.74) is -0.655. The van der Waals surface area contributed by atoms with E-state index in [9.17, 15) is 9.59 Å². The van der Waals surface area contributed by atoms with Crippen molar-refractivity contribution in [2.45, 2.75) is 175 Å². The summed E-state index contributed by atoms with van der Waals surface area (Å²) in [4.78, 5) is 24.2.